The molecule has 2 N–H and O–H groups in total. The second-order valence-corrected chi connectivity index (χ2v) is 5.51. The predicted molar refractivity (Wildman–Crippen MR) is 70.7 cm³/mol. The minimum Gasteiger partial charge on any atom is -0.382 e. The highest BCUT2D eigenvalue weighted by Gasteiger charge is 2.27. The lowest BCUT2D eigenvalue weighted by molar-refractivity contribution is 0.111. The highest BCUT2D eigenvalue weighted by molar-refractivity contribution is 5.23. The number of nitrogens with two attached hydrogens (primary N) is 1. The molecule has 0 aromatic carbocycles. The fraction of sp³-hybridized carbons (Fsp3) is 0.769. The van der Waals surface area contributed by atoms with Gasteiger partial charge >= 0.3 is 0 Å². The van der Waals surface area contributed by atoms with Crippen molar-refractivity contribution >= 4 is 5.82 Å². The number of nitrogens with zero attached hydrogens (tertiary/aromatic N) is 3. The number of piperidine rings is 1. The Morgan fingerprint density at radius 2 is 2.06 bits per heavy atom. The number of hydrogen-bond donors (Lipinski definition) is 1. The SMILES string of the molecule is CCC1(C)CCN(CCn2ccc(N)n2)CC1. The first kappa shape index (κ1) is 12.4. The first-order valence-electron chi connectivity index (χ1n) is 6.63. The maximum absolute atomic E-state index is 5.60. The Bertz CT molecular complexity index is 350. The lowest BCUT2D eigenvalue weighted by Gasteiger charge is -2.38. The van der Waals surface area contributed by atoms with Gasteiger partial charge in [0.15, 0.2) is 0 Å². The van der Waals surface area contributed by atoms with Gasteiger partial charge in [-0.3, -0.25) is 4.68 Å². The van der Waals surface area contributed by atoms with E-state index in [0.717, 1.165) is 13.1 Å². The summed E-state index contributed by atoms with van der Waals surface area (Å²) in [6.45, 7) is 9.20. The number of nitrogen functional groups attached to an aromatic ring is 1. The number of anilines is 1. The Kier molecular flexibility index (Phi) is 3.72. The van der Waals surface area contributed by atoms with Gasteiger partial charge in [-0.25, -0.2) is 0 Å². The van der Waals surface area contributed by atoms with Gasteiger partial charge in [-0.05, 0) is 37.4 Å². The van der Waals surface area contributed by atoms with Crippen LogP contribution in [0.25, 0.3) is 0 Å². The fourth-order valence-electron chi connectivity index (χ4n) is 2.42. The molecule has 0 unspecified atom stereocenters. The summed E-state index contributed by atoms with van der Waals surface area (Å²) < 4.78 is 1.93. The van der Waals surface area contributed by atoms with Crippen LogP contribution in [0.5, 0.6) is 0 Å². The number of aromatic nitrogens is 2. The van der Waals surface area contributed by atoms with E-state index in [4.69, 9.17) is 5.73 Å². The van der Waals surface area contributed by atoms with Crippen LogP contribution in [0.3, 0.4) is 0 Å². The van der Waals surface area contributed by atoms with E-state index in [1.807, 2.05) is 16.9 Å². The minimum atomic E-state index is 0.576. The smallest absolute Gasteiger partial charge is 0.145 e. The minimum absolute atomic E-state index is 0.576. The Morgan fingerprint density at radius 1 is 1.35 bits per heavy atom. The van der Waals surface area contributed by atoms with Crippen LogP contribution in [-0.4, -0.2) is 34.3 Å². The van der Waals surface area contributed by atoms with Crippen LogP contribution in [0.4, 0.5) is 5.82 Å². The molecule has 0 spiro atoms. The van der Waals surface area contributed by atoms with Crippen molar-refractivity contribution < 1.29 is 0 Å². The van der Waals surface area contributed by atoms with Crippen LogP contribution in [0.15, 0.2) is 12.3 Å². The molecule has 2 heterocycles. The molecule has 96 valence electrons. The second kappa shape index (κ2) is 5.08. The molecule has 1 aliphatic heterocycles. The zero-order chi connectivity index (χ0) is 12.3. The van der Waals surface area contributed by atoms with Crippen LogP contribution in [-0.2, 0) is 6.54 Å². The molecule has 1 aromatic rings. The average molecular weight is 236 g/mol. The van der Waals surface area contributed by atoms with E-state index in [9.17, 15) is 0 Å². The van der Waals surface area contributed by atoms with Crippen molar-refractivity contribution in [1.29, 1.82) is 0 Å². The summed E-state index contributed by atoms with van der Waals surface area (Å²) in [6.07, 6.45) is 5.90. The predicted octanol–water partition coefficient (Wildman–Crippen LogP) is 1.98. The molecule has 0 saturated carbocycles. The molecule has 0 radical (unpaired) electrons. The molecule has 0 atom stereocenters. The van der Waals surface area contributed by atoms with Crippen molar-refractivity contribution in [3.63, 3.8) is 0 Å². The molecule has 2 rings (SSSR count). The average Bonchev–Trinajstić information content (AvgIpc) is 2.75. The van der Waals surface area contributed by atoms with Crippen LogP contribution < -0.4 is 5.73 Å². The van der Waals surface area contributed by atoms with Crippen molar-refractivity contribution in [2.45, 2.75) is 39.7 Å². The van der Waals surface area contributed by atoms with Gasteiger partial charge in [-0.15, -0.1) is 0 Å². The van der Waals surface area contributed by atoms with Crippen LogP contribution in [0.1, 0.15) is 33.1 Å². The van der Waals surface area contributed by atoms with Crippen LogP contribution in [0, 0.1) is 5.41 Å². The summed E-state index contributed by atoms with van der Waals surface area (Å²) in [5.41, 5.74) is 6.17. The van der Waals surface area contributed by atoms with Gasteiger partial charge in [-0.1, -0.05) is 20.3 Å². The van der Waals surface area contributed by atoms with Gasteiger partial charge in [0.1, 0.15) is 5.82 Å². The maximum Gasteiger partial charge on any atom is 0.145 e. The topological polar surface area (TPSA) is 47.1 Å². The van der Waals surface area contributed by atoms with Crippen LogP contribution in [0.2, 0.25) is 0 Å². The Balaban J connectivity index is 1.75. The number of rotatable bonds is 4. The van der Waals surface area contributed by atoms with E-state index in [2.05, 4.69) is 23.8 Å². The van der Waals surface area contributed by atoms with Gasteiger partial charge in [0.2, 0.25) is 0 Å². The molecular weight excluding hydrogens is 212 g/mol. The zero-order valence-electron chi connectivity index (χ0n) is 11.0. The summed E-state index contributed by atoms with van der Waals surface area (Å²) in [4.78, 5) is 2.54. The lowest BCUT2D eigenvalue weighted by Crippen LogP contribution is -2.39. The number of hydrogen-bond acceptors (Lipinski definition) is 3. The molecule has 0 bridgehead atoms. The zero-order valence-corrected chi connectivity index (χ0v) is 11.0. The molecule has 1 aliphatic rings. The first-order valence-corrected chi connectivity index (χ1v) is 6.63. The third kappa shape index (κ3) is 3.22. The van der Waals surface area contributed by atoms with Crippen molar-refractivity contribution in [3.8, 4) is 0 Å². The van der Waals surface area contributed by atoms with Crippen molar-refractivity contribution in [3.05, 3.63) is 12.3 Å². The lowest BCUT2D eigenvalue weighted by atomic mass is 9.78. The van der Waals surface area contributed by atoms with E-state index in [0.29, 0.717) is 11.2 Å². The van der Waals surface area contributed by atoms with Gasteiger partial charge in [0, 0.05) is 12.7 Å². The highest BCUT2D eigenvalue weighted by atomic mass is 15.3. The molecule has 0 aliphatic carbocycles. The first-order chi connectivity index (χ1) is 8.11. The summed E-state index contributed by atoms with van der Waals surface area (Å²) in [7, 11) is 0. The van der Waals surface area contributed by atoms with Crippen LogP contribution >= 0.6 is 0 Å². The fourth-order valence-corrected chi connectivity index (χ4v) is 2.42. The highest BCUT2D eigenvalue weighted by Crippen LogP contribution is 2.33. The van der Waals surface area contributed by atoms with E-state index < -0.39 is 0 Å². The van der Waals surface area contributed by atoms with Crippen molar-refractivity contribution in [1.82, 2.24) is 14.7 Å². The van der Waals surface area contributed by atoms with Gasteiger partial charge < -0.3 is 10.6 Å². The third-order valence-corrected chi connectivity index (χ3v) is 4.22. The van der Waals surface area contributed by atoms with Gasteiger partial charge in [0.25, 0.3) is 0 Å². The third-order valence-electron chi connectivity index (χ3n) is 4.22. The van der Waals surface area contributed by atoms with E-state index in [1.165, 1.54) is 32.4 Å². The molecular formula is C13H24N4. The Morgan fingerprint density at radius 3 is 2.59 bits per heavy atom. The normalized spacial score (nSPS) is 20.6. The van der Waals surface area contributed by atoms with Gasteiger partial charge in [0.05, 0.1) is 6.54 Å². The monoisotopic (exact) mass is 236 g/mol. The molecule has 1 saturated heterocycles. The molecule has 1 fully saturated rings. The summed E-state index contributed by atoms with van der Waals surface area (Å²) in [6, 6.07) is 1.85. The quantitative estimate of drug-likeness (QED) is 0.869. The van der Waals surface area contributed by atoms with E-state index in [-0.39, 0.29) is 0 Å². The summed E-state index contributed by atoms with van der Waals surface area (Å²) >= 11 is 0. The molecule has 4 nitrogen and oxygen atoms in total. The molecule has 0 amide bonds. The molecule has 17 heavy (non-hydrogen) atoms. The summed E-state index contributed by atoms with van der Waals surface area (Å²) in [5, 5.41) is 4.21. The maximum atomic E-state index is 5.60. The Hall–Kier alpha value is -1.03. The Labute approximate surface area is 104 Å². The van der Waals surface area contributed by atoms with E-state index >= 15 is 0 Å². The van der Waals surface area contributed by atoms with Crippen molar-refractivity contribution in [2.24, 2.45) is 5.41 Å². The van der Waals surface area contributed by atoms with E-state index in [1.54, 1.807) is 0 Å². The van der Waals surface area contributed by atoms with Gasteiger partial charge in [-0.2, -0.15) is 5.10 Å². The standard InChI is InChI=1S/C13H24N4/c1-3-13(2)5-8-16(9-6-13)10-11-17-7-4-12(14)15-17/h4,7H,3,5-6,8-11H2,1-2H3,(H2,14,15). The van der Waals surface area contributed by atoms with Crippen molar-refractivity contribution in [2.75, 3.05) is 25.4 Å². The molecule has 1 aromatic heterocycles. The summed E-state index contributed by atoms with van der Waals surface area (Å²) in [5.74, 6) is 0.613. The second-order valence-electron chi connectivity index (χ2n) is 5.51. The largest absolute Gasteiger partial charge is 0.382 e. The molecule has 4 heteroatoms. The number of likely N-dealkylation sites (tertiary alicyclic amines) is 1.